The number of hydrogen-bond acceptors (Lipinski definition) is 4. The Morgan fingerprint density at radius 1 is 1.33 bits per heavy atom. The molecular weight excluding hydrogens is 228 g/mol. The molecule has 1 aliphatic carbocycles. The lowest BCUT2D eigenvalue weighted by molar-refractivity contribution is 0.0995. The van der Waals surface area contributed by atoms with Gasteiger partial charge in [-0.2, -0.15) is 0 Å². The highest BCUT2D eigenvalue weighted by atomic mass is 16.1. The summed E-state index contributed by atoms with van der Waals surface area (Å²) in [6.07, 6.45) is 5.88. The van der Waals surface area contributed by atoms with Crippen LogP contribution in [0.15, 0.2) is 12.1 Å². The van der Waals surface area contributed by atoms with Gasteiger partial charge in [0.15, 0.2) is 5.82 Å². The minimum atomic E-state index is -0.535. The van der Waals surface area contributed by atoms with Gasteiger partial charge >= 0.3 is 0 Å². The van der Waals surface area contributed by atoms with Gasteiger partial charge in [0, 0.05) is 5.54 Å². The maximum atomic E-state index is 11.1. The smallest absolute Gasteiger partial charge is 0.267 e. The van der Waals surface area contributed by atoms with E-state index >= 15 is 0 Å². The number of amides is 1. The number of hydrogen-bond donors (Lipinski definition) is 3. The highest BCUT2D eigenvalue weighted by Gasteiger charge is 2.27. The predicted octanol–water partition coefficient (Wildman–Crippen LogP) is 1.90. The third kappa shape index (κ3) is 2.72. The van der Waals surface area contributed by atoms with Crippen LogP contribution >= 0.6 is 0 Å². The molecule has 0 spiro atoms. The summed E-state index contributed by atoms with van der Waals surface area (Å²) in [6, 6.07) is 3.22. The molecule has 1 fully saturated rings. The zero-order chi connectivity index (χ0) is 13.2. The van der Waals surface area contributed by atoms with E-state index in [-0.39, 0.29) is 11.2 Å². The van der Waals surface area contributed by atoms with Crippen LogP contribution in [0.4, 0.5) is 11.5 Å². The van der Waals surface area contributed by atoms with Crippen LogP contribution in [0.2, 0.25) is 0 Å². The number of anilines is 2. The second kappa shape index (κ2) is 4.84. The second-order valence-electron chi connectivity index (χ2n) is 5.24. The van der Waals surface area contributed by atoms with E-state index in [9.17, 15) is 4.79 Å². The molecule has 1 heterocycles. The monoisotopic (exact) mass is 248 g/mol. The molecule has 1 aromatic heterocycles. The molecule has 5 nitrogen and oxygen atoms in total. The molecule has 2 rings (SSSR count). The summed E-state index contributed by atoms with van der Waals surface area (Å²) in [6.45, 7) is 2.17. The van der Waals surface area contributed by atoms with E-state index in [0.29, 0.717) is 11.5 Å². The third-order valence-corrected chi connectivity index (χ3v) is 3.56. The van der Waals surface area contributed by atoms with Crippen molar-refractivity contribution < 1.29 is 4.79 Å². The fraction of sp³-hybridized carbons (Fsp3) is 0.538. The van der Waals surface area contributed by atoms with Crippen molar-refractivity contribution in [2.24, 2.45) is 5.73 Å². The Hall–Kier alpha value is -1.78. The molecule has 98 valence electrons. The van der Waals surface area contributed by atoms with E-state index in [4.69, 9.17) is 11.5 Å². The van der Waals surface area contributed by atoms with Crippen LogP contribution in [0.1, 0.15) is 49.5 Å². The van der Waals surface area contributed by atoms with Gasteiger partial charge in [0.2, 0.25) is 0 Å². The van der Waals surface area contributed by atoms with E-state index in [1.807, 2.05) is 0 Å². The number of nitrogens with two attached hydrogens (primary N) is 2. The van der Waals surface area contributed by atoms with Crippen LogP contribution in [0.3, 0.4) is 0 Å². The van der Waals surface area contributed by atoms with Crippen LogP contribution < -0.4 is 16.8 Å². The van der Waals surface area contributed by atoms with Gasteiger partial charge in [0.25, 0.3) is 5.91 Å². The van der Waals surface area contributed by atoms with Gasteiger partial charge in [0.05, 0.1) is 5.69 Å². The number of pyridine rings is 1. The standard InChI is InChI=1S/C13H20N4O/c1-13(7-3-2-4-8-13)17-12-9(14)5-6-10(16-12)11(15)18/h5-6H,2-4,7-8,14H2,1H3,(H2,15,18)(H,16,17). The Morgan fingerprint density at radius 3 is 2.61 bits per heavy atom. The Labute approximate surface area is 107 Å². The molecule has 5 heteroatoms. The molecule has 1 aromatic rings. The molecule has 0 bridgehead atoms. The lowest BCUT2D eigenvalue weighted by Gasteiger charge is -2.35. The molecule has 0 aliphatic heterocycles. The predicted molar refractivity (Wildman–Crippen MR) is 72.3 cm³/mol. The highest BCUT2D eigenvalue weighted by molar-refractivity contribution is 5.91. The zero-order valence-electron chi connectivity index (χ0n) is 10.7. The summed E-state index contributed by atoms with van der Waals surface area (Å²) < 4.78 is 0. The number of nitrogens with zero attached hydrogens (tertiary/aromatic N) is 1. The van der Waals surface area contributed by atoms with Gasteiger partial charge in [-0.05, 0) is 31.9 Å². The lowest BCUT2D eigenvalue weighted by Crippen LogP contribution is -2.37. The summed E-state index contributed by atoms with van der Waals surface area (Å²) in [4.78, 5) is 15.3. The van der Waals surface area contributed by atoms with Crippen LogP contribution in [0.5, 0.6) is 0 Å². The lowest BCUT2D eigenvalue weighted by atomic mass is 9.83. The molecule has 18 heavy (non-hydrogen) atoms. The van der Waals surface area contributed by atoms with Crippen molar-refractivity contribution in [1.29, 1.82) is 0 Å². The topological polar surface area (TPSA) is 94.0 Å². The van der Waals surface area contributed by atoms with E-state index in [1.54, 1.807) is 12.1 Å². The Balaban J connectivity index is 2.22. The molecule has 0 saturated heterocycles. The average Bonchev–Trinajstić information content (AvgIpc) is 2.32. The van der Waals surface area contributed by atoms with Gasteiger partial charge in [-0.3, -0.25) is 4.79 Å². The third-order valence-electron chi connectivity index (χ3n) is 3.56. The Morgan fingerprint density at radius 2 is 2.00 bits per heavy atom. The molecule has 0 aromatic carbocycles. The minimum absolute atomic E-state index is 0.00956. The van der Waals surface area contributed by atoms with Crippen molar-refractivity contribution in [2.45, 2.75) is 44.6 Å². The maximum Gasteiger partial charge on any atom is 0.267 e. The molecule has 5 N–H and O–H groups in total. The molecule has 1 aliphatic rings. The first-order valence-corrected chi connectivity index (χ1v) is 6.35. The molecule has 1 saturated carbocycles. The number of carbonyl (C=O) groups is 1. The van der Waals surface area contributed by atoms with Crippen LogP contribution in [0, 0.1) is 0 Å². The first-order chi connectivity index (χ1) is 8.50. The summed E-state index contributed by atoms with van der Waals surface area (Å²) in [5, 5.41) is 3.38. The van der Waals surface area contributed by atoms with Crippen molar-refractivity contribution in [3.63, 3.8) is 0 Å². The Bertz CT molecular complexity index is 452. The summed E-state index contributed by atoms with van der Waals surface area (Å²) in [5.74, 6) is 0.0301. The largest absolute Gasteiger partial charge is 0.396 e. The van der Waals surface area contributed by atoms with Gasteiger partial charge in [-0.1, -0.05) is 19.3 Å². The van der Waals surface area contributed by atoms with Gasteiger partial charge in [0.1, 0.15) is 5.69 Å². The number of aromatic nitrogens is 1. The molecular formula is C13H20N4O. The van der Waals surface area contributed by atoms with Crippen molar-refractivity contribution in [3.8, 4) is 0 Å². The van der Waals surface area contributed by atoms with Crippen molar-refractivity contribution >= 4 is 17.4 Å². The summed E-state index contributed by atoms with van der Waals surface area (Å²) >= 11 is 0. The average molecular weight is 248 g/mol. The second-order valence-corrected chi connectivity index (χ2v) is 5.24. The van der Waals surface area contributed by atoms with Crippen molar-refractivity contribution in [1.82, 2.24) is 4.98 Å². The summed E-state index contributed by atoms with van der Waals surface area (Å²) in [5.41, 5.74) is 11.9. The van der Waals surface area contributed by atoms with E-state index in [2.05, 4.69) is 17.2 Å². The van der Waals surface area contributed by atoms with E-state index in [0.717, 1.165) is 12.8 Å². The number of carbonyl (C=O) groups excluding carboxylic acids is 1. The number of nitrogen functional groups attached to an aromatic ring is 1. The molecule has 0 radical (unpaired) electrons. The number of nitrogens with one attached hydrogen (secondary N) is 1. The quantitative estimate of drug-likeness (QED) is 0.761. The first kappa shape index (κ1) is 12.7. The van der Waals surface area contributed by atoms with Gasteiger partial charge < -0.3 is 16.8 Å². The van der Waals surface area contributed by atoms with Crippen molar-refractivity contribution in [2.75, 3.05) is 11.1 Å². The number of rotatable bonds is 3. The fourth-order valence-corrected chi connectivity index (χ4v) is 2.45. The fourth-order valence-electron chi connectivity index (χ4n) is 2.45. The molecule has 0 atom stereocenters. The minimum Gasteiger partial charge on any atom is -0.396 e. The molecule has 1 amide bonds. The maximum absolute atomic E-state index is 11.1. The Kier molecular flexibility index (Phi) is 3.41. The highest BCUT2D eigenvalue weighted by Crippen LogP contribution is 2.32. The molecule has 0 unspecified atom stereocenters. The normalized spacial score (nSPS) is 18.3. The van der Waals surface area contributed by atoms with Crippen LogP contribution in [0.25, 0.3) is 0 Å². The van der Waals surface area contributed by atoms with Gasteiger partial charge in [-0.15, -0.1) is 0 Å². The van der Waals surface area contributed by atoms with Crippen molar-refractivity contribution in [3.05, 3.63) is 17.8 Å². The first-order valence-electron chi connectivity index (χ1n) is 6.35. The van der Waals surface area contributed by atoms with Crippen LogP contribution in [-0.2, 0) is 0 Å². The van der Waals surface area contributed by atoms with Gasteiger partial charge in [-0.25, -0.2) is 4.98 Å². The van der Waals surface area contributed by atoms with E-state index < -0.39 is 5.91 Å². The number of primary amides is 1. The summed E-state index contributed by atoms with van der Waals surface area (Å²) in [7, 11) is 0. The van der Waals surface area contributed by atoms with Crippen LogP contribution in [-0.4, -0.2) is 16.4 Å². The zero-order valence-corrected chi connectivity index (χ0v) is 10.7. The van der Waals surface area contributed by atoms with E-state index in [1.165, 1.54) is 19.3 Å². The SMILES string of the molecule is CC1(Nc2nc(C(N)=O)ccc2N)CCCCC1.